The van der Waals surface area contributed by atoms with Gasteiger partial charge in [-0.3, -0.25) is 9.36 Å². The molecule has 0 radical (unpaired) electrons. The van der Waals surface area contributed by atoms with Gasteiger partial charge in [0.2, 0.25) is 0 Å². The van der Waals surface area contributed by atoms with Crippen molar-refractivity contribution in [3.05, 3.63) is 50.5 Å². The van der Waals surface area contributed by atoms with E-state index in [1.54, 1.807) is 31.2 Å². The molecule has 1 aromatic heterocycles. The van der Waals surface area contributed by atoms with Crippen LogP contribution in [0.5, 0.6) is 0 Å². The van der Waals surface area contributed by atoms with Crippen molar-refractivity contribution in [1.29, 1.82) is 0 Å². The highest BCUT2D eigenvalue weighted by Gasteiger charge is 2.47. The molecule has 28 heavy (non-hydrogen) atoms. The fourth-order valence-corrected chi connectivity index (χ4v) is 4.74. The summed E-state index contributed by atoms with van der Waals surface area (Å²) < 4.78 is 7.28. The predicted octanol–water partition coefficient (Wildman–Crippen LogP) is 3.18. The molecule has 2 aromatic rings. The molecule has 0 bridgehead atoms. The van der Waals surface area contributed by atoms with E-state index in [-0.39, 0.29) is 23.1 Å². The number of hydrogen-bond acceptors (Lipinski definition) is 5. The lowest BCUT2D eigenvalue weighted by Gasteiger charge is -2.41. The summed E-state index contributed by atoms with van der Waals surface area (Å²) in [6, 6.07) is 6.84. The number of benzene rings is 1. The molecule has 8 heteroatoms. The number of hydrogen-bond donors (Lipinski definition) is 1. The number of aromatic nitrogens is 2. The van der Waals surface area contributed by atoms with Crippen molar-refractivity contribution >= 4 is 29.0 Å². The predicted molar refractivity (Wildman–Crippen MR) is 112 cm³/mol. The lowest BCUT2D eigenvalue weighted by molar-refractivity contribution is 0.0974. The molecule has 2 N–H and O–H groups in total. The van der Waals surface area contributed by atoms with Crippen molar-refractivity contribution in [2.24, 2.45) is 11.1 Å². The van der Waals surface area contributed by atoms with Crippen molar-refractivity contribution in [2.45, 2.75) is 38.8 Å². The Morgan fingerprint density at radius 2 is 2.00 bits per heavy atom. The monoisotopic (exact) mass is 422 g/mol. The minimum Gasteiger partial charge on any atom is -0.376 e. The number of rotatable bonds is 2. The molecule has 2 fully saturated rings. The van der Waals surface area contributed by atoms with E-state index >= 15 is 0 Å². The van der Waals surface area contributed by atoms with Gasteiger partial charge in [-0.1, -0.05) is 29.3 Å². The molecule has 6 nitrogen and oxygen atoms in total. The Balaban J connectivity index is 1.60. The zero-order valence-corrected chi connectivity index (χ0v) is 17.5. The largest absolute Gasteiger partial charge is 0.376 e. The zero-order chi connectivity index (χ0) is 20.1. The molecule has 150 valence electrons. The summed E-state index contributed by atoms with van der Waals surface area (Å²) in [6.45, 7) is 6.16. The van der Waals surface area contributed by atoms with Crippen molar-refractivity contribution in [3.8, 4) is 5.69 Å². The van der Waals surface area contributed by atoms with E-state index in [4.69, 9.17) is 33.7 Å². The molecule has 3 heterocycles. The van der Waals surface area contributed by atoms with Gasteiger partial charge in [0.25, 0.3) is 5.56 Å². The maximum absolute atomic E-state index is 12.9. The molecule has 2 aliphatic rings. The van der Waals surface area contributed by atoms with E-state index in [0.717, 1.165) is 25.9 Å². The smallest absolute Gasteiger partial charge is 0.260 e. The number of halogens is 2. The third kappa shape index (κ3) is 3.22. The molecule has 1 aromatic carbocycles. The normalized spacial score (nSPS) is 24.1. The summed E-state index contributed by atoms with van der Waals surface area (Å²) in [5.74, 6) is 1.26. The number of piperidine rings is 1. The minimum absolute atomic E-state index is 0.0360. The van der Waals surface area contributed by atoms with E-state index in [9.17, 15) is 4.79 Å². The van der Waals surface area contributed by atoms with E-state index in [2.05, 4.69) is 9.88 Å². The highest BCUT2D eigenvalue weighted by Crippen LogP contribution is 2.41. The van der Waals surface area contributed by atoms with Crippen molar-refractivity contribution in [2.75, 3.05) is 24.6 Å². The average molecular weight is 423 g/mol. The summed E-state index contributed by atoms with van der Waals surface area (Å²) in [4.78, 5) is 19.7. The number of nitrogens with zero attached hydrogens (tertiary/aromatic N) is 3. The van der Waals surface area contributed by atoms with Crippen molar-refractivity contribution in [3.63, 3.8) is 0 Å². The third-order valence-corrected chi connectivity index (χ3v) is 6.98. The van der Waals surface area contributed by atoms with Crippen LogP contribution in [-0.2, 0) is 4.74 Å². The van der Waals surface area contributed by atoms with Gasteiger partial charge in [0.15, 0.2) is 0 Å². The topological polar surface area (TPSA) is 73.4 Å². The Hall–Kier alpha value is -1.60. The van der Waals surface area contributed by atoms with E-state index < -0.39 is 0 Å². The van der Waals surface area contributed by atoms with Gasteiger partial charge in [-0.15, -0.1) is 0 Å². The summed E-state index contributed by atoms with van der Waals surface area (Å²) in [5, 5.41) is 0.744. The van der Waals surface area contributed by atoms with Crippen LogP contribution in [0.15, 0.2) is 29.1 Å². The first kappa shape index (κ1) is 19.7. The van der Waals surface area contributed by atoms with E-state index in [0.29, 0.717) is 34.0 Å². The molecule has 2 unspecified atom stereocenters. The van der Waals surface area contributed by atoms with Crippen molar-refractivity contribution < 1.29 is 4.74 Å². The Kier molecular flexibility index (Phi) is 5.16. The van der Waals surface area contributed by atoms with E-state index in [1.807, 2.05) is 6.92 Å². The second-order valence-electron chi connectivity index (χ2n) is 7.80. The van der Waals surface area contributed by atoms with Crippen LogP contribution >= 0.6 is 23.2 Å². The standard InChI is InChI=1S/C20H24Cl2N4O2/c1-12-19(23)20(11-28-12)6-8-25(9-7-20)16-10-17(27)26(13(2)24-16)15-5-3-4-14(21)18(15)22/h3-5,10,12,19H,6-9,11,23H2,1-2H3. The Labute approximate surface area is 174 Å². The van der Waals surface area contributed by atoms with Crippen LogP contribution in [-0.4, -0.2) is 41.4 Å². The van der Waals surface area contributed by atoms with Gasteiger partial charge in [0.05, 0.1) is 28.4 Å². The first-order valence-electron chi connectivity index (χ1n) is 9.50. The van der Waals surface area contributed by atoms with Gasteiger partial charge < -0.3 is 15.4 Å². The van der Waals surface area contributed by atoms with Gasteiger partial charge in [-0.05, 0) is 38.8 Å². The fraction of sp³-hybridized carbons (Fsp3) is 0.500. The highest BCUT2D eigenvalue weighted by atomic mass is 35.5. The van der Waals surface area contributed by atoms with Gasteiger partial charge in [-0.2, -0.15) is 0 Å². The summed E-state index contributed by atoms with van der Waals surface area (Å²) in [6.07, 6.45) is 1.96. The van der Waals surface area contributed by atoms with Gasteiger partial charge in [0, 0.05) is 30.6 Å². The van der Waals surface area contributed by atoms with Crippen LogP contribution in [0.25, 0.3) is 5.69 Å². The Morgan fingerprint density at radius 1 is 1.29 bits per heavy atom. The summed E-state index contributed by atoms with van der Waals surface area (Å²) in [5.41, 5.74) is 6.79. The summed E-state index contributed by atoms with van der Waals surface area (Å²) >= 11 is 12.4. The number of anilines is 1. The minimum atomic E-state index is -0.179. The van der Waals surface area contributed by atoms with Crippen molar-refractivity contribution in [1.82, 2.24) is 9.55 Å². The zero-order valence-electron chi connectivity index (χ0n) is 16.0. The van der Waals surface area contributed by atoms with E-state index in [1.165, 1.54) is 4.57 Å². The molecule has 0 saturated carbocycles. The Morgan fingerprint density at radius 3 is 2.61 bits per heavy atom. The SMILES string of the molecule is Cc1nc(N2CCC3(CC2)COC(C)C3N)cc(=O)n1-c1cccc(Cl)c1Cl. The second kappa shape index (κ2) is 7.34. The lowest BCUT2D eigenvalue weighted by Crippen LogP contribution is -2.51. The van der Waals surface area contributed by atoms with Gasteiger partial charge in [-0.25, -0.2) is 4.98 Å². The fourth-order valence-electron chi connectivity index (χ4n) is 4.36. The maximum atomic E-state index is 12.9. The first-order valence-corrected chi connectivity index (χ1v) is 10.3. The van der Waals surface area contributed by atoms with Crippen LogP contribution in [0.2, 0.25) is 10.0 Å². The first-order chi connectivity index (χ1) is 13.3. The molecule has 0 aliphatic carbocycles. The molecular formula is C20H24Cl2N4O2. The van der Waals surface area contributed by atoms with Crippen LogP contribution in [0.4, 0.5) is 5.82 Å². The molecule has 1 spiro atoms. The number of ether oxygens (including phenoxy) is 1. The quantitative estimate of drug-likeness (QED) is 0.804. The summed E-state index contributed by atoms with van der Waals surface area (Å²) in [7, 11) is 0. The molecule has 2 atom stereocenters. The molecule has 4 rings (SSSR count). The molecular weight excluding hydrogens is 399 g/mol. The third-order valence-electron chi connectivity index (χ3n) is 6.17. The molecule has 2 aliphatic heterocycles. The molecule has 2 saturated heterocycles. The van der Waals surface area contributed by atoms with Crippen LogP contribution < -0.4 is 16.2 Å². The van der Waals surface area contributed by atoms with Crippen LogP contribution in [0.1, 0.15) is 25.6 Å². The lowest BCUT2D eigenvalue weighted by atomic mass is 9.73. The highest BCUT2D eigenvalue weighted by molar-refractivity contribution is 6.43. The van der Waals surface area contributed by atoms with Gasteiger partial charge in [0.1, 0.15) is 11.6 Å². The second-order valence-corrected chi connectivity index (χ2v) is 8.58. The number of aryl methyl sites for hydroxylation is 1. The van der Waals surface area contributed by atoms with Crippen LogP contribution in [0, 0.1) is 12.3 Å². The Bertz CT molecular complexity index is 954. The maximum Gasteiger partial charge on any atom is 0.260 e. The van der Waals surface area contributed by atoms with Gasteiger partial charge >= 0.3 is 0 Å². The number of nitrogens with two attached hydrogens (primary N) is 1. The average Bonchev–Trinajstić information content (AvgIpc) is 2.94. The molecule has 0 amide bonds. The van der Waals surface area contributed by atoms with Crippen LogP contribution in [0.3, 0.4) is 0 Å².